The van der Waals surface area contributed by atoms with Crippen molar-refractivity contribution >= 4 is 17.0 Å². The van der Waals surface area contributed by atoms with Crippen LogP contribution in [0.5, 0.6) is 11.5 Å². The molecule has 0 spiro atoms. The second kappa shape index (κ2) is 10.4. The van der Waals surface area contributed by atoms with E-state index in [2.05, 4.69) is 23.7 Å². The Bertz CT molecular complexity index is 1380. The van der Waals surface area contributed by atoms with Crippen molar-refractivity contribution in [3.63, 3.8) is 0 Å². The highest BCUT2D eigenvalue weighted by Gasteiger charge is 2.14. The molecule has 8 heteroatoms. The summed E-state index contributed by atoms with van der Waals surface area (Å²) >= 11 is 1.53. The van der Waals surface area contributed by atoms with E-state index in [0.29, 0.717) is 12.3 Å². The van der Waals surface area contributed by atoms with Crippen molar-refractivity contribution in [2.24, 2.45) is 10.1 Å². The summed E-state index contributed by atoms with van der Waals surface area (Å²) in [5.74, 6) is 1.43. The first-order chi connectivity index (χ1) is 16.5. The number of imidazole rings is 1. The molecule has 174 valence electrons. The lowest BCUT2D eigenvalue weighted by molar-refractivity contribution is 0.395. The lowest BCUT2D eigenvalue weighted by atomic mass is 10.1. The van der Waals surface area contributed by atoms with Gasteiger partial charge in [-0.1, -0.05) is 24.3 Å². The Balaban J connectivity index is 1.79. The van der Waals surface area contributed by atoms with Crippen LogP contribution in [0.4, 0.5) is 0 Å². The Morgan fingerprint density at radius 2 is 1.88 bits per heavy atom. The van der Waals surface area contributed by atoms with Crippen LogP contribution in [0.15, 0.2) is 88.8 Å². The summed E-state index contributed by atoms with van der Waals surface area (Å²) in [7, 11) is 3.29. The summed E-state index contributed by atoms with van der Waals surface area (Å²) in [5, 5.41) is 7.01. The monoisotopic (exact) mass is 473 g/mol. The third-order valence-electron chi connectivity index (χ3n) is 5.19. The Morgan fingerprint density at radius 1 is 1.09 bits per heavy atom. The van der Waals surface area contributed by atoms with E-state index in [1.54, 1.807) is 26.7 Å². The molecule has 0 aliphatic rings. The van der Waals surface area contributed by atoms with E-state index in [1.165, 1.54) is 11.3 Å². The maximum atomic E-state index is 5.65. The fraction of sp³-hybridized carbons (Fsp3) is 0.192. The second-order valence-corrected chi connectivity index (χ2v) is 8.59. The van der Waals surface area contributed by atoms with Crippen LogP contribution in [0.1, 0.15) is 19.4 Å². The molecule has 2 aromatic carbocycles. The number of hydrogen-bond donors (Lipinski definition) is 0. The van der Waals surface area contributed by atoms with Crippen LogP contribution >= 0.6 is 11.3 Å². The number of rotatable bonds is 8. The zero-order valence-electron chi connectivity index (χ0n) is 19.7. The molecule has 0 unspecified atom stereocenters. The summed E-state index contributed by atoms with van der Waals surface area (Å²) in [4.78, 5) is 9.63. The summed E-state index contributed by atoms with van der Waals surface area (Å²) in [6.45, 7) is 8.47. The normalized spacial score (nSPS) is 12.1. The number of hydrogen-bond acceptors (Lipinski definition) is 6. The van der Waals surface area contributed by atoms with Crippen LogP contribution in [0.3, 0.4) is 0 Å². The number of ether oxygens (including phenoxy) is 2. The van der Waals surface area contributed by atoms with Gasteiger partial charge in [0, 0.05) is 35.1 Å². The molecule has 4 rings (SSSR count). The van der Waals surface area contributed by atoms with Crippen molar-refractivity contribution in [1.29, 1.82) is 0 Å². The summed E-state index contributed by atoms with van der Waals surface area (Å²) in [6.07, 6.45) is 5.46. The van der Waals surface area contributed by atoms with Crippen molar-refractivity contribution in [3.05, 3.63) is 89.1 Å². The largest absolute Gasteiger partial charge is 0.497 e. The predicted octanol–water partition coefficient (Wildman–Crippen LogP) is 5.17. The van der Waals surface area contributed by atoms with Crippen LogP contribution < -0.4 is 14.3 Å². The highest BCUT2D eigenvalue weighted by atomic mass is 32.1. The van der Waals surface area contributed by atoms with Gasteiger partial charge in [-0.3, -0.25) is 4.99 Å². The summed E-state index contributed by atoms with van der Waals surface area (Å²) < 4.78 is 14.9. The molecule has 0 saturated heterocycles. The fourth-order valence-corrected chi connectivity index (χ4v) is 4.22. The standard InChI is InChI=1S/C26H27N5O2S/c1-18(2)15-28-26-31(24(16-34-26)23-11-10-22(32-4)14-25(23)33-5)29-19(3)20-6-8-21(9-7-20)30-13-12-27-17-30/h6-14,16-17H,1,15H2,2-5H3. The smallest absolute Gasteiger partial charge is 0.206 e. The van der Waals surface area contributed by atoms with Crippen LogP contribution in [-0.2, 0) is 0 Å². The number of benzene rings is 2. The van der Waals surface area contributed by atoms with Gasteiger partial charge in [0.05, 0.1) is 38.5 Å². The molecule has 0 atom stereocenters. The van der Waals surface area contributed by atoms with E-state index in [1.807, 2.05) is 65.0 Å². The van der Waals surface area contributed by atoms with Gasteiger partial charge in [0.15, 0.2) is 0 Å². The van der Waals surface area contributed by atoms with Gasteiger partial charge in [0.2, 0.25) is 4.80 Å². The van der Waals surface area contributed by atoms with Gasteiger partial charge in [-0.15, -0.1) is 11.3 Å². The minimum atomic E-state index is 0.536. The first kappa shape index (κ1) is 23.3. The summed E-state index contributed by atoms with van der Waals surface area (Å²) in [5.41, 5.74) is 5.70. The molecule has 0 aliphatic heterocycles. The lowest BCUT2D eigenvalue weighted by Crippen LogP contribution is -2.15. The van der Waals surface area contributed by atoms with E-state index in [4.69, 9.17) is 19.6 Å². The first-order valence-electron chi connectivity index (χ1n) is 10.7. The van der Waals surface area contributed by atoms with E-state index in [9.17, 15) is 0 Å². The molecular weight excluding hydrogens is 446 g/mol. The Morgan fingerprint density at radius 3 is 2.53 bits per heavy atom. The molecule has 0 bridgehead atoms. The maximum Gasteiger partial charge on any atom is 0.206 e. The van der Waals surface area contributed by atoms with E-state index in [-0.39, 0.29) is 0 Å². The van der Waals surface area contributed by atoms with E-state index in [0.717, 1.165) is 44.3 Å². The highest BCUT2D eigenvalue weighted by Crippen LogP contribution is 2.33. The molecule has 34 heavy (non-hydrogen) atoms. The highest BCUT2D eigenvalue weighted by molar-refractivity contribution is 7.07. The van der Waals surface area contributed by atoms with Crippen LogP contribution in [-0.4, -0.2) is 40.7 Å². The second-order valence-electron chi connectivity index (χ2n) is 7.76. The zero-order valence-corrected chi connectivity index (χ0v) is 20.5. The molecule has 0 aliphatic carbocycles. The predicted molar refractivity (Wildman–Crippen MR) is 137 cm³/mol. The maximum absolute atomic E-state index is 5.65. The number of methoxy groups -OCH3 is 2. The van der Waals surface area contributed by atoms with Gasteiger partial charge >= 0.3 is 0 Å². The van der Waals surface area contributed by atoms with E-state index < -0.39 is 0 Å². The molecule has 0 radical (unpaired) electrons. The Kier molecular flexibility index (Phi) is 7.08. The van der Waals surface area contributed by atoms with Gasteiger partial charge in [0.25, 0.3) is 0 Å². The van der Waals surface area contributed by atoms with Gasteiger partial charge in [0.1, 0.15) is 11.5 Å². The Labute approximate surface area is 203 Å². The van der Waals surface area contributed by atoms with Crippen molar-refractivity contribution in [2.75, 3.05) is 20.8 Å². The van der Waals surface area contributed by atoms with Crippen molar-refractivity contribution < 1.29 is 9.47 Å². The van der Waals surface area contributed by atoms with Crippen molar-refractivity contribution in [3.8, 4) is 28.4 Å². The molecule has 0 saturated carbocycles. The summed E-state index contributed by atoms with van der Waals surface area (Å²) in [6, 6.07) is 14.0. The van der Waals surface area contributed by atoms with Crippen LogP contribution in [0.2, 0.25) is 0 Å². The van der Waals surface area contributed by atoms with Gasteiger partial charge in [-0.2, -0.15) is 5.10 Å². The van der Waals surface area contributed by atoms with Gasteiger partial charge < -0.3 is 14.0 Å². The molecule has 0 amide bonds. The SMILES string of the molecule is C=C(C)CN=c1scc(-c2ccc(OC)cc2OC)n1N=C(C)c1ccc(-n2ccnc2)cc1. The topological polar surface area (TPSA) is 65.9 Å². The Hall–Kier alpha value is -3.91. The average Bonchev–Trinajstić information content (AvgIpc) is 3.53. The fourth-order valence-electron chi connectivity index (χ4n) is 3.40. The molecule has 4 aromatic rings. The lowest BCUT2D eigenvalue weighted by Gasteiger charge is -2.12. The van der Waals surface area contributed by atoms with Gasteiger partial charge in [-0.05, 0) is 43.7 Å². The first-order valence-corrected chi connectivity index (χ1v) is 11.6. The average molecular weight is 474 g/mol. The van der Waals surface area contributed by atoms with E-state index >= 15 is 0 Å². The number of nitrogens with zero attached hydrogens (tertiary/aromatic N) is 5. The molecule has 2 heterocycles. The quantitative estimate of drug-likeness (QED) is 0.262. The van der Waals surface area contributed by atoms with Crippen LogP contribution in [0, 0.1) is 0 Å². The van der Waals surface area contributed by atoms with Crippen LogP contribution in [0.25, 0.3) is 16.9 Å². The minimum absolute atomic E-state index is 0.536. The molecule has 0 N–H and O–H groups in total. The molecule has 2 aromatic heterocycles. The third-order valence-corrected chi connectivity index (χ3v) is 6.05. The zero-order chi connectivity index (χ0) is 24.1. The molecular formula is C26H27N5O2S. The van der Waals surface area contributed by atoms with Gasteiger partial charge in [-0.25, -0.2) is 9.66 Å². The third kappa shape index (κ3) is 5.02. The minimum Gasteiger partial charge on any atom is -0.497 e. The molecule has 7 nitrogen and oxygen atoms in total. The number of aromatic nitrogens is 3. The van der Waals surface area contributed by atoms with Crippen molar-refractivity contribution in [2.45, 2.75) is 13.8 Å². The number of thiazole rings is 1. The molecule has 0 fully saturated rings. The van der Waals surface area contributed by atoms with Crippen molar-refractivity contribution in [1.82, 2.24) is 14.2 Å².